The molecule has 29 heavy (non-hydrogen) atoms. The summed E-state index contributed by atoms with van der Waals surface area (Å²) in [4.78, 5) is 14.9. The van der Waals surface area contributed by atoms with Crippen molar-refractivity contribution in [2.45, 2.75) is 11.5 Å². The monoisotopic (exact) mass is 438 g/mol. The standard InChI is InChI=1S/C20H23ClN2O5S/c1-22(2)29(25,26)16-7-8-19(23-9-11-27-12-10-23)17(13-16)20(24)28-14-15-5-3-4-6-18(15)21/h3-8,13H,9-12,14H2,1-2H3. The van der Waals surface area contributed by atoms with E-state index in [0.29, 0.717) is 42.6 Å². The van der Waals surface area contributed by atoms with Crippen LogP contribution in [0.4, 0.5) is 5.69 Å². The summed E-state index contributed by atoms with van der Waals surface area (Å²) in [5.41, 5.74) is 1.49. The van der Waals surface area contributed by atoms with Crippen LogP contribution in [0.25, 0.3) is 0 Å². The van der Waals surface area contributed by atoms with E-state index >= 15 is 0 Å². The van der Waals surface area contributed by atoms with Gasteiger partial charge in [0.25, 0.3) is 0 Å². The van der Waals surface area contributed by atoms with Gasteiger partial charge in [-0.05, 0) is 24.3 Å². The Morgan fingerprint density at radius 1 is 1.17 bits per heavy atom. The van der Waals surface area contributed by atoms with E-state index < -0.39 is 16.0 Å². The lowest BCUT2D eigenvalue weighted by Crippen LogP contribution is -2.37. The van der Waals surface area contributed by atoms with Crippen molar-refractivity contribution in [3.8, 4) is 0 Å². The minimum Gasteiger partial charge on any atom is -0.457 e. The van der Waals surface area contributed by atoms with Gasteiger partial charge in [-0.25, -0.2) is 17.5 Å². The molecule has 0 aliphatic carbocycles. The molecular weight excluding hydrogens is 416 g/mol. The van der Waals surface area contributed by atoms with Gasteiger partial charge in [-0.1, -0.05) is 29.8 Å². The van der Waals surface area contributed by atoms with Crippen molar-refractivity contribution in [2.75, 3.05) is 45.3 Å². The first-order valence-corrected chi connectivity index (χ1v) is 10.9. The van der Waals surface area contributed by atoms with E-state index in [1.165, 1.54) is 26.2 Å². The largest absolute Gasteiger partial charge is 0.457 e. The van der Waals surface area contributed by atoms with Gasteiger partial charge in [-0.2, -0.15) is 0 Å². The van der Waals surface area contributed by atoms with Crippen LogP contribution in [0.3, 0.4) is 0 Å². The van der Waals surface area contributed by atoms with E-state index in [2.05, 4.69) is 0 Å². The third kappa shape index (κ3) is 4.90. The van der Waals surface area contributed by atoms with Gasteiger partial charge in [0.1, 0.15) is 6.61 Å². The molecule has 3 rings (SSSR count). The SMILES string of the molecule is CN(C)S(=O)(=O)c1ccc(N2CCOCC2)c(C(=O)OCc2ccccc2Cl)c1. The number of rotatable bonds is 6. The van der Waals surface area contributed by atoms with Gasteiger partial charge in [-0.15, -0.1) is 0 Å². The summed E-state index contributed by atoms with van der Waals surface area (Å²) in [6, 6.07) is 11.6. The second-order valence-corrected chi connectivity index (χ2v) is 9.29. The average molecular weight is 439 g/mol. The van der Waals surface area contributed by atoms with Crippen molar-refractivity contribution in [1.29, 1.82) is 0 Å². The fraction of sp³-hybridized carbons (Fsp3) is 0.350. The van der Waals surface area contributed by atoms with Crippen LogP contribution in [0.5, 0.6) is 0 Å². The maximum Gasteiger partial charge on any atom is 0.340 e. The fourth-order valence-corrected chi connectivity index (χ4v) is 4.09. The van der Waals surface area contributed by atoms with Crippen molar-refractivity contribution >= 4 is 33.3 Å². The molecule has 156 valence electrons. The molecular formula is C20H23ClN2O5S. The lowest BCUT2D eigenvalue weighted by Gasteiger charge is -2.30. The lowest BCUT2D eigenvalue weighted by atomic mass is 10.1. The number of carbonyl (C=O) groups excluding carboxylic acids is 1. The first kappa shape index (κ1) is 21.6. The molecule has 0 radical (unpaired) electrons. The summed E-state index contributed by atoms with van der Waals surface area (Å²) in [6.45, 7) is 2.26. The van der Waals surface area contributed by atoms with Crippen molar-refractivity contribution < 1.29 is 22.7 Å². The van der Waals surface area contributed by atoms with Crippen LogP contribution in [0.15, 0.2) is 47.4 Å². The smallest absolute Gasteiger partial charge is 0.340 e. The number of sulfonamides is 1. The maximum absolute atomic E-state index is 12.9. The van der Waals surface area contributed by atoms with E-state index in [1.807, 2.05) is 4.90 Å². The van der Waals surface area contributed by atoms with Gasteiger partial charge in [0.2, 0.25) is 10.0 Å². The molecule has 0 spiro atoms. The van der Waals surface area contributed by atoms with Gasteiger partial charge in [0.05, 0.1) is 29.4 Å². The molecule has 1 saturated heterocycles. The number of hydrogen-bond acceptors (Lipinski definition) is 6. The van der Waals surface area contributed by atoms with Crippen LogP contribution < -0.4 is 4.90 Å². The molecule has 2 aromatic carbocycles. The second-order valence-electron chi connectivity index (χ2n) is 6.73. The van der Waals surface area contributed by atoms with E-state index in [1.54, 1.807) is 30.3 Å². The van der Waals surface area contributed by atoms with Crippen LogP contribution >= 0.6 is 11.6 Å². The van der Waals surface area contributed by atoms with Crippen LogP contribution in [0.1, 0.15) is 15.9 Å². The van der Waals surface area contributed by atoms with E-state index in [4.69, 9.17) is 21.1 Å². The van der Waals surface area contributed by atoms with Crippen LogP contribution in [-0.4, -0.2) is 59.1 Å². The van der Waals surface area contributed by atoms with Gasteiger partial charge < -0.3 is 14.4 Å². The predicted octanol–water partition coefficient (Wildman–Crippen LogP) is 2.78. The Morgan fingerprint density at radius 2 is 1.86 bits per heavy atom. The lowest BCUT2D eigenvalue weighted by molar-refractivity contribution is 0.0472. The molecule has 0 amide bonds. The highest BCUT2D eigenvalue weighted by molar-refractivity contribution is 7.89. The van der Waals surface area contributed by atoms with Crippen molar-refractivity contribution in [3.05, 3.63) is 58.6 Å². The van der Waals surface area contributed by atoms with E-state index in [-0.39, 0.29) is 17.1 Å². The maximum atomic E-state index is 12.9. The third-order valence-corrected chi connectivity index (χ3v) is 6.81. The minimum absolute atomic E-state index is 0.00822. The van der Waals surface area contributed by atoms with Crippen LogP contribution in [0, 0.1) is 0 Å². The molecule has 0 saturated carbocycles. The van der Waals surface area contributed by atoms with Crippen LogP contribution in [0.2, 0.25) is 5.02 Å². The summed E-state index contributed by atoms with van der Waals surface area (Å²) in [5, 5.41) is 0.498. The van der Waals surface area contributed by atoms with Crippen molar-refractivity contribution in [3.63, 3.8) is 0 Å². The molecule has 1 fully saturated rings. The molecule has 0 atom stereocenters. The average Bonchev–Trinajstić information content (AvgIpc) is 2.73. The Morgan fingerprint density at radius 3 is 2.52 bits per heavy atom. The predicted molar refractivity (Wildman–Crippen MR) is 111 cm³/mol. The molecule has 2 aromatic rings. The number of carbonyl (C=O) groups is 1. The zero-order valence-electron chi connectivity index (χ0n) is 16.3. The Hall–Kier alpha value is -2.13. The van der Waals surface area contributed by atoms with Crippen LogP contribution in [-0.2, 0) is 26.1 Å². The zero-order chi connectivity index (χ0) is 21.0. The normalized spacial score (nSPS) is 14.8. The zero-order valence-corrected chi connectivity index (χ0v) is 17.9. The fourth-order valence-electron chi connectivity index (χ4n) is 2.97. The summed E-state index contributed by atoms with van der Waals surface area (Å²) in [6.07, 6.45) is 0. The highest BCUT2D eigenvalue weighted by Gasteiger charge is 2.25. The molecule has 9 heteroatoms. The number of halogens is 1. The molecule has 1 heterocycles. The molecule has 1 aliphatic heterocycles. The van der Waals surface area contributed by atoms with E-state index in [0.717, 1.165) is 4.31 Å². The number of nitrogens with zero attached hydrogens (tertiary/aromatic N) is 2. The summed E-state index contributed by atoms with van der Waals surface area (Å²) < 4.78 is 37.0. The third-order valence-electron chi connectivity index (χ3n) is 4.63. The van der Waals surface area contributed by atoms with Gasteiger partial charge in [0.15, 0.2) is 0 Å². The van der Waals surface area contributed by atoms with Gasteiger partial charge >= 0.3 is 5.97 Å². The molecule has 0 unspecified atom stereocenters. The molecule has 0 bridgehead atoms. The number of anilines is 1. The minimum atomic E-state index is -3.69. The molecule has 0 N–H and O–H groups in total. The molecule has 0 aromatic heterocycles. The number of benzene rings is 2. The highest BCUT2D eigenvalue weighted by Crippen LogP contribution is 2.27. The molecule has 1 aliphatic rings. The van der Waals surface area contributed by atoms with Gasteiger partial charge in [0, 0.05) is 37.8 Å². The summed E-state index contributed by atoms with van der Waals surface area (Å²) >= 11 is 6.13. The topological polar surface area (TPSA) is 76.2 Å². The quantitative estimate of drug-likeness (QED) is 0.645. The number of hydrogen-bond donors (Lipinski definition) is 0. The first-order valence-electron chi connectivity index (χ1n) is 9.10. The first-order chi connectivity index (χ1) is 13.8. The molecule has 7 nitrogen and oxygen atoms in total. The highest BCUT2D eigenvalue weighted by atomic mass is 35.5. The van der Waals surface area contributed by atoms with Gasteiger partial charge in [-0.3, -0.25) is 0 Å². The van der Waals surface area contributed by atoms with Crippen molar-refractivity contribution in [1.82, 2.24) is 4.31 Å². The summed E-state index contributed by atoms with van der Waals surface area (Å²) in [5.74, 6) is -0.609. The Labute approximate surface area is 175 Å². The summed E-state index contributed by atoms with van der Waals surface area (Å²) in [7, 11) is -0.803. The van der Waals surface area contributed by atoms with Crippen molar-refractivity contribution in [2.24, 2.45) is 0 Å². The number of morpholine rings is 1. The Bertz CT molecular complexity index is 988. The van der Waals surface area contributed by atoms with E-state index in [9.17, 15) is 13.2 Å². The second kappa shape index (κ2) is 9.13. The Kier molecular flexibility index (Phi) is 6.79. The number of ether oxygens (including phenoxy) is 2. The number of esters is 1. The Balaban J connectivity index is 1.94.